The molecule has 0 unspecified atom stereocenters. The molecule has 5 heterocycles. The normalized spacial score (nSPS) is 14.6. The molecule has 1 aliphatic heterocycles. The summed E-state index contributed by atoms with van der Waals surface area (Å²) in [6, 6.07) is 7.41. The minimum absolute atomic E-state index is 0.0110. The number of fused-ring (bicyclic) bond motifs is 2. The third-order valence-electron chi connectivity index (χ3n) is 6.14. The lowest BCUT2D eigenvalue weighted by Crippen LogP contribution is -2.33. The summed E-state index contributed by atoms with van der Waals surface area (Å²) in [5.74, 6) is 1.06. The molecule has 1 saturated heterocycles. The van der Waals surface area contributed by atoms with Gasteiger partial charge in [-0.3, -0.25) is 14.9 Å². The van der Waals surface area contributed by atoms with Crippen molar-refractivity contribution in [3.05, 3.63) is 57.6 Å². The highest BCUT2D eigenvalue weighted by Crippen LogP contribution is 2.35. The van der Waals surface area contributed by atoms with E-state index in [4.69, 9.17) is 0 Å². The van der Waals surface area contributed by atoms with E-state index in [2.05, 4.69) is 35.5 Å². The monoisotopic (exact) mass is 520 g/mol. The van der Waals surface area contributed by atoms with Gasteiger partial charge in [-0.05, 0) is 49.4 Å². The first-order valence-electron chi connectivity index (χ1n) is 11.2. The number of carbonyl (C=O) groups is 2. The molecule has 11 heteroatoms. The average molecular weight is 521 g/mol. The van der Waals surface area contributed by atoms with Crippen LogP contribution in [0, 0.1) is 0 Å². The summed E-state index contributed by atoms with van der Waals surface area (Å²) in [6.45, 7) is 3.31. The molecule has 35 heavy (non-hydrogen) atoms. The summed E-state index contributed by atoms with van der Waals surface area (Å²) in [7, 11) is 0. The molecule has 0 spiro atoms. The molecule has 5 aromatic rings. The zero-order valence-corrected chi connectivity index (χ0v) is 21.2. The molecule has 1 N–H and O–H groups in total. The summed E-state index contributed by atoms with van der Waals surface area (Å²) in [6.07, 6.45) is 3.56. The highest BCUT2D eigenvalue weighted by molar-refractivity contribution is 7.22. The average Bonchev–Trinajstić information content (AvgIpc) is 3.62. The van der Waals surface area contributed by atoms with Crippen molar-refractivity contribution in [3.63, 3.8) is 0 Å². The van der Waals surface area contributed by atoms with Gasteiger partial charge in [0, 0.05) is 30.0 Å². The largest absolute Gasteiger partial charge is 0.355 e. The van der Waals surface area contributed by atoms with Crippen LogP contribution < -0.4 is 10.2 Å². The van der Waals surface area contributed by atoms with Gasteiger partial charge in [0.25, 0.3) is 5.91 Å². The number of thiophene rings is 1. The predicted molar refractivity (Wildman–Crippen MR) is 141 cm³/mol. The molecule has 0 atom stereocenters. The van der Waals surface area contributed by atoms with Gasteiger partial charge < -0.3 is 4.90 Å². The van der Waals surface area contributed by atoms with E-state index < -0.39 is 0 Å². The van der Waals surface area contributed by atoms with Crippen molar-refractivity contribution < 1.29 is 9.59 Å². The Hall–Kier alpha value is -3.28. The van der Waals surface area contributed by atoms with Crippen molar-refractivity contribution in [1.29, 1.82) is 0 Å². The molecule has 1 amide bonds. The number of nitrogens with one attached hydrogen (secondary N) is 1. The number of carbonyl (C=O) groups excluding carboxylic acids is 2. The third kappa shape index (κ3) is 4.30. The molecular formula is C24H20N6O2S3. The van der Waals surface area contributed by atoms with Crippen molar-refractivity contribution in [2.75, 3.05) is 23.3 Å². The summed E-state index contributed by atoms with van der Waals surface area (Å²) >= 11 is 4.59. The first-order valence-corrected chi connectivity index (χ1v) is 13.7. The van der Waals surface area contributed by atoms with E-state index in [0.29, 0.717) is 27.8 Å². The number of hydrogen-bond acceptors (Lipinski definition) is 10. The number of Topliss-reactive ketones (excluding diaryl/α,β-unsaturated/α-hetero) is 1. The topological polar surface area (TPSA) is 101 Å². The fraction of sp³-hybridized carbons (Fsp3) is 0.250. The Balaban J connectivity index is 1.12. The lowest BCUT2D eigenvalue weighted by atomic mass is 9.97. The number of ketones is 1. The van der Waals surface area contributed by atoms with E-state index in [1.54, 1.807) is 29.8 Å². The van der Waals surface area contributed by atoms with Crippen LogP contribution in [-0.4, -0.2) is 44.7 Å². The molecule has 1 fully saturated rings. The highest BCUT2D eigenvalue weighted by atomic mass is 32.1. The molecule has 0 bridgehead atoms. The number of rotatable bonds is 5. The first-order chi connectivity index (χ1) is 17.0. The van der Waals surface area contributed by atoms with Crippen molar-refractivity contribution >= 4 is 77.1 Å². The molecule has 6 rings (SSSR count). The van der Waals surface area contributed by atoms with Gasteiger partial charge in [-0.2, -0.15) is 0 Å². The van der Waals surface area contributed by atoms with Gasteiger partial charge in [0.1, 0.15) is 17.8 Å². The van der Waals surface area contributed by atoms with Crippen LogP contribution in [0.5, 0.6) is 0 Å². The number of nitrogens with zero attached hydrogens (tertiary/aromatic N) is 5. The molecule has 4 aromatic heterocycles. The van der Waals surface area contributed by atoms with E-state index in [0.717, 1.165) is 51.7 Å². The fourth-order valence-electron chi connectivity index (χ4n) is 4.28. The Morgan fingerprint density at radius 1 is 1.06 bits per heavy atom. The van der Waals surface area contributed by atoms with E-state index in [1.165, 1.54) is 29.6 Å². The molecular weight excluding hydrogens is 501 g/mol. The second-order valence-electron chi connectivity index (χ2n) is 8.38. The Labute approximate surface area is 212 Å². The second-order valence-corrected chi connectivity index (χ2v) is 11.2. The molecule has 8 nitrogen and oxygen atoms in total. The van der Waals surface area contributed by atoms with E-state index in [9.17, 15) is 9.59 Å². The Bertz CT molecular complexity index is 1560. The lowest BCUT2D eigenvalue weighted by Gasteiger charge is -2.32. The summed E-state index contributed by atoms with van der Waals surface area (Å²) in [4.78, 5) is 44.8. The molecule has 0 saturated carbocycles. The number of aromatic nitrogens is 4. The summed E-state index contributed by atoms with van der Waals surface area (Å²) < 4.78 is 2.05. The maximum Gasteiger partial charge on any atom is 0.276 e. The molecule has 1 aliphatic rings. The van der Waals surface area contributed by atoms with Crippen LogP contribution >= 0.6 is 34.0 Å². The maximum atomic E-state index is 12.8. The van der Waals surface area contributed by atoms with Gasteiger partial charge >= 0.3 is 0 Å². The number of hydrogen-bond donors (Lipinski definition) is 1. The minimum atomic E-state index is -0.267. The van der Waals surface area contributed by atoms with Crippen LogP contribution in [0.3, 0.4) is 0 Å². The Kier molecular flexibility index (Phi) is 5.75. The molecule has 1 aromatic carbocycles. The predicted octanol–water partition coefficient (Wildman–Crippen LogP) is 5.60. The Morgan fingerprint density at radius 2 is 1.91 bits per heavy atom. The van der Waals surface area contributed by atoms with Gasteiger partial charge in [-0.1, -0.05) is 11.3 Å². The number of benzene rings is 1. The van der Waals surface area contributed by atoms with E-state index in [1.807, 2.05) is 17.5 Å². The first kappa shape index (κ1) is 22.2. The number of anilines is 2. The standard InChI is InChI=1S/C24H20N6O2S3/c1-13(31)15-2-3-19-17(10-15)28-24(35-19)29-22(32)18-11-34-23(27-18)14-4-7-30(8-5-14)21-20-16(6-9-33-20)25-12-26-21/h2-3,6,9-12,14H,4-5,7-8H2,1H3,(H,28,29,32). The van der Waals surface area contributed by atoms with E-state index in [-0.39, 0.29) is 11.7 Å². The third-order valence-corrected chi connectivity index (χ3v) is 9.00. The number of piperidine rings is 1. The van der Waals surface area contributed by atoms with Gasteiger partial charge in [0.05, 0.1) is 25.4 Å². The van der Waals surface area contributed by atoms with Crippen LogP contribution in [0.4, 0.5) is 10.9 Å². The zero-order valence-electron chi connectivity index (χ0n) is 18.7. The van der Waals surface area contributed by atoms with Crippen LogP contribution in [-0.2, 0) is 0 Å². The molecule has 0 radical (unpaired) electrons. The second kappa shape index (κ2) is 9.06. The SMILES string of the molecule is CC(=O)c1ccc2sc(NC(=O)c3csc(C4CCN(c5ncnc6ccsc56)CC4)n3)nc2c1. The van der Waals surface area contributed by atoms with Crippen LogP contribution in [0.1, 0.15) is 51.5 Å². The highest BCUT2D eigenvalue weighted by Gasteiger charge is 2.26. The molecule has 0 aliphatic carbocycles. The van der Waals surface area contributed by atoms with Crippen molar-refractivity contribution in [3.8, 4) is 0 Å². The van der Waals surface area contributed by atoms with Crippen molar-refractivity contribution in [2.24, 2.45) is 0 Å². The van der Waals surface area contributed by atoms with Gasteiger partial charge in [0.2, 0.25) is 0 Å². The maximum absolute atomic E-state index is 12.8. The van der Waals surface area contributed by atoms with Gasteiger partial charge in [-0.15, -0.1) is 22.7 Å². The smallest absolute Gasteiger partial charge is 0.276 e. The fourth-order valence-corrected chi connectivity index (χ4v) is 6.95. The van der Waals surface area contributed by atoms with Gasteiger partial charge in [0.15, 0.2) is 10.9 Å². The minimum Gasteiger partial charge on any atom is -0.355 e. The van der Waals surface area contributed by atoms with Crippen molar-refractivity contribution in [1.82, 2.24) is 19.9 Å². The van der Waals surface area contributed by atoms with Crippen LogP contribution in [0.2, 0.25) is 0 Å². The number of amides is 1. The number of thiazole rings is 2. The van der Waals surface area contributed by atoms with Crippen LogP contribution in [0.15, 0.2) is 41.4 Å². The molecule has 176 valence electrons. The van der Waals surface area contributed by atoms with E-state index >= 15 is 0 Å². The Morgan fingerprint density at radius 3 is 2.74 bits per heavy atom. The van der Waals surface area contributed by atoms with Crippen molar-refractivity contribution in [2.45, 2.75) is 25.7 Å². The lowest BCUT2D eigenvalue weighted by molar-refractivity contribution is 0.101. The quantitative estimate of drug-likeness (QED) is 0.301. The van der Waals surface area contributed by atoms with Gasteiger partial charge in [-0.25, -0.2) is 19.9 Å². The summed E-state index contributed by atoms with van der Waals surface area (Å²) in [5.41, 5.74) is 2.71. The van der Waals surface area contributed by atoms with Crippen LogP contribution in [0.25, 0.3) is 20.4 Å². The summed E-state index contributed by atoms with van der Waals surface area (Å²) in [5, 5.41) is 8.22. The zero-order chi connectivity index (χ0) is 23.9.